The Morgan fingerprint density at radius 3 is 2.73 bits per heavy atom. The predicted molar refractivity (Wildman–Crippen MR) is 42.7 cm³/mol. The van der Waals surface area contributed by atoms with Gasteiger partial charge in [-0.05, 0) is 6.92 Å². The van der Waals surface area contributed by atoms with Crippen LogP contribution in [0.1, 0.15) is 6.92 Å². The lowest BCUT2D eigenvalue weighted by Crippen LogP contribution is -2.40. The molecule has 1 fully saturated rings. The van der Waals surface area contributed by atoms with E-state index in [0.29, 0.717) is 0 Å². The van der Waals surface area contributed by atoms with Crippen molar-refractivity contribution >= 4 is 18.6 Å². The SMILES string of the molecule is CC1OC1N[C@@H](CS)C(=O)O. The average molecular weight is 177 g/mol. The Hall–Kier alpha value is -0.260. The molecule has 0 radical (unpaired) electrons. The van der Waals surface area contributed by atoms with Crippen LogP contribution < -0.4 is 5.32 Å². The Kier molecular flexibility index (Phi) is 2.75. The third-order valence-corrected chi connectivity index (χ3v) is 1.92. The predicted octanol–water partition coefficient (Wildman–Crippen LogP) is -0.296. The van der Waals surface area contributed by atoms with Crippen molar-refractivity contribution in [1.29, 1.82) is 0 Å². The van der Waals surface area contributed by atoms with Crippen LogP contribution in [-0.4, -0.2) is 35.2 Å². The Balaban J connectivity index is 2.27. The Morgan fingerprint density at radius 1 is 1.91 bits per heavy atom. The second kappa shape index (κ2) is 3.42. The summed E-state index contributed by atoms with van der Waals surface area (Å²) in [5, 5.41) is 11.4. The second-order valence-electron chi connectivity index (χ2n) is 2.50. The molecule has 3 atom stereocenters. The first kappa shape index (κ1) is 8.83. The number of hydrogen-bond donors (Lipinski definition) is 3. The summed E-state index contributed by atoms with van der Waals surface area (Å²) in [5.41, 5.74) is 0. The number of thiol groups is 1. The molecule has 2 N–H and O–H groups in total. The smallest absolute Gasteiger partial charge is 0.321 e. The van der Waals surface area contributed by atoms with Crippen LogP contribution >= 0.6 is 12.6 Å². The van der Waals surface area contributed by atoms with Crippen LogP contribution in [0, 0.1) is 0 Å². The van der Waals surface area contributed by atoms with E-state index >= 15 is 0 Å². The van der Waals surface area contributed by atoms with E-state index in [2.05, 4.69) is 17.9 Å². The van der Waals surface area contributed by atoms with E-state index in [4.69, 9.17) is 9.84 Å². The number of aliphatic carboxylic acids is 1. The molecular weight excluding hydrogens is 166 g/mol. The molecule has 0 saturated carbocycles. The van der Waals surface area contributed by atoms with E-state index < -0.39 is 12.0 Å². The Bertz CT molecular complexity index is 164. The zero-order valence-electron chi connectivity index (χ0n) is 6.15. The third-order valence-electron chi connectivity index (χ3n) is 1.56. The molecule has 0 spiro atoms. The highest BCUT2D eigenvalue weighted by Gasteiger charge is 2.36. The van der Waals surface area contributed by atoms with Gasteiger partial charge in [0.25, 0.3) is 0 Å². The van der Waals surface area contributed by atoms with Crippen molar-refractivity contribution in [2.75, 3.05) is 5.75 Å². The van der Waals surface area contributed by atoms with E-state index in [1.54, 1.807) is 0 Å². The van der Waals surface area contributed by atoms with Gasteiger partial charge in [0.1, 0.15) is 12.3 Å². The molecular formula is C6H11NO3S. The number of hydrogen-bond acceptors (Lipinski definition) is 4. The normalized spacial score (nSPS) is 31.5. The first-order valence-corrected chi connectivity index (χ1v) is 4.03. The molecule has 5 heteroatoms. The lowest BCUT2D eigenvalue weighted by molar-refractivity contribution is -0.139. The van der Waals surface area contributed by atoms with Crippen molar-refractivity contribution in [2.24, 2.45) is 0 Å². The molecule has 2 unspecified atom stereocenters. The van der Waals surface area contributed by atoms with Gasteiger partial charge in [-0.3, -0.25) is 10.1 Å². The van der Waals surface area contributed by atoms with E-state index in [1.807, 2.05) is 6.92 Å². The van der Waals surface area contributed by atoms with Gasteiger partial charge in [-0.25, -0.2) is 0 Å². The van der Waals surface area contributed by atoms with Gasteiger partial charge in [0, 0.05) is 5.75 Å². The van der Waals surface area contributed by atoms with Gasteiger partial charge in [0.15, 0.2) is 0 Å². The standard InChI is InChI=1S/C6H11NO3S/c1-3-5(10-3)7-4(2-11)6(8)9/h3-5,7,11H,2H2,1H3,(H,8,9)/t3?,4-,5?/m0/s1. The maximum Gasteiger partial charge on any atom is 0.321 e. The van der Waals surface area contributed by atoms with Gasteiger partial charge in [-0.2, -0.15) is 12.6 Å². The minimum atomic E-state index is -0.886. The number of carboxylic acids is 1. The third kappa shape index (κ3) is 2.36. The highest BCUT2D eigenvalue weighted by atomic mass is 32.1. The second-order valence-corrected chi connectivity index (χ2v) is 2.87. The summed E-state index contributed by atoms with van der Waals surface area (Å²) in [7, 11) is 0. The van der Waals surface area contributed by atoms with Gasteiger partial charge in [0.05, 0.1) is 6.10 Å². The van der Waals surface area contributed by atoms with Crippen molar-refractivity contribution in [1.82, 2.24) is 5.32 Å². The van der Waals surface area contributed by atoms with Crippen molar-refractivity contribution in [2.45, 2.75) is 25.3 Å². The molecule has 11 heavy (non-hydrogen) atoms. The van der Waals surface area contributed by atoms with Gasteiger partial charge >= 0.3 is 5.97 Å². The van der Waals surface area contributed by atoms with Crippen LogP contribution in [0.3, 0.4) is 0 Å². The molecule has 0 aromatic heterocycles. The lowest BCUT2D eigenvalue weighted by Gasteiger charge is -2.08. The summed E-state index contributed by atoms with van der Waals surface area (Å²) >= 11 is 3.89. The largest absolute Gasteiger partial charge is 0.480 e. The Morgan fingerprint density at radius 2 is 2.45 bits per heavy atom. The molecule has 0 aromatic rings. The minimum absolute atomic E-state index is 0.0942. The quantitative estimate of drug-likeness (QED) is 0.408. The zero-order chi connectivity index (χ0) is 8.43. The molecule has 1 saturated heterocycles. The fourth-order valence-corrected chi connectivity index (χ4v) is 1.02. The molecule has 1 rings (SSSR count). The minimum Gasteiger partial charge on any atom is -0.480 e. The van der Waals surface area contributed by atoms with Crippen LogP contribution in [0.15, 0.2) is 0 Å². The van der Waals surface area contributed by atoms with Gasteiger partial charge in [-0.15, -0.1) is 0 Å². The number of carbonyl (C=O) groups is 1. The van der Waals surface area contributed by atoms with E-state index in [0.717, 1.165) is 0 Å². The summed E-state index contributed by atoms with van der Waals surface area (Å²) in [5.74, 6) is -0.607. The van der Waals surface area contributed by atoms with Crippen LogP contribution in [-0.2, 0) is 9.53 Å². The number of ether oxygens (including phenoxy) is 1. The summed E-state index contributed by atoms with van der Waals surface area (Å²) in [4.78, 5) is 10.4. The molecule has 0 aliphatic carbocycles. The number of nitrogens with one attached hydrogen (secondary N) is 1. The lowest BCUT2D eigenvalue weighted by atomic mass is 10.3. The van der Waals surface area contributed by atoms with E-state index in [9.17, 15) is 4.79 Å². The van der Waals surface area contributed by atoms with Crippen molar-refractivity contribution in [3.63, 3.8) is 0 Å². The summed E-state index contributed by atoms with van der Waals surface area (Å²) in [6.45, 7) is 1.88. The number of carboxylic acid groups (broad SMARTS) is 1. The maximum absolute atomic E-state index is 10.4. The molecule has 1 aliphatic rings. The average Bonchev–Trinajstić information content (AvgIpc) is 2.61. The molecule has 64 valence electrons. The summed E-state index contributed by atoms with van der Waals surface area (Å²) < 4.78 is 4.99. The fraction of sp³-hybridized carbons (Fsp3) is 0.833. The number of epoxide rings is 1. The number of rotatable bonds is 4. The topological polar surface area (TPSA) is 61.9 Å². The van der Waals surface area contributed by atoms with Gasteiger partial charge in [0.2, 0.25) is 0 Å². The molecule has 4 nitrogen and oxygen atoms in total. The highest BCUT2D eigenvalue weighted by molar-refractivity contribution is 7.80. The van der Waals surface area contributed by atoms with Crippen molar-refractivity contribution in [3.05, 3.63) is 0 Å². The van der Waals surface area contributed by atoms with Crippen LogP contribution in [0.4, 0.5) is 0 Å². The first-order chi connectivity index (χ1) is 5.15. The van der Waals surface area contributed by atoms with Gasteiger partial charge < -0.3 is 9.84 Å². The molecule has 1 aliphatic heterocycles. The van der Waals surface area contributed by atoms with Crippen molar-refractivity contribution < 1.29 is 14.6 Å². The fourth-order valence-electron chi connectivity index (χ4n) is 0.761. The zero-order valence-corrected chi connectivity index (χ0v) is 7.04. The van der Waals surface area contributed by atoms with Crippen LogP contribution in [0.5, 0.6) is 0 Å². The molecule has 1 heterocycles. The van der Waals surface area contributed by atoms with Gasteiger partial charge in [-0.1, -0.05) is 0 Å². The highest BCUT2D eigenvalue weighted by Crippen LogP contribution is 2.18. The van der Waals surface area contributed by atoms with Crippen molar-refractivity contribution in [3.8, 4) is 0 Å². The van der Waals surface area contributed by atoms with E-state index in [1.165, 1.54) is 0 Å². The maximum atomic E-state index is 10.4. The summed E-state index contributed by atoms with van der Waals surface area (Å²) in [6, 6.07) is -0.603. The Labute approximate surface area is 70.3 Å². The summed E-state index contributed by atoms with van der Waals surface area (Å²) in [6.07, 6.45) is 0.0417. The molecule has 0 amide bonds. The van der Waals surface area contributed by atoms with Crippen LogP contribution in [0.2, 0.25) is 0 Å². The molecule has 0 bridgehead atoms. The monoisotopic (exact) mass is 177 g/mol. The van der Waals surface area contributed by atoms with E-state index in [-0.39, 0.29) is 18.1 Å². The van der Waals surface area contributed by atoms with Crippen LogP contribution in [0.25, 0.3) is 0 Å². The first-order valence-electron chi connectivity index (χ1n) is 3.40. The molecule has 0 aromatic carbocycles.